The van der Waals surface area contributed by atoms with Gasteiger partial charge in [-0.3, -0.25) is 0 Å². The third-order valence-corrected chi connectivity index (χ3v) is 3.29. The van der Waals surface area contributed by atoms with E-state index in [1.807, 2.05) is 0 Å². The van der Waals surface area contributed by atoms with E-state index in [-0.39, 0.29) is 5.82 Å². The average molecular weight is 302 g/mol. The van der Waals surface area contributed by atoms with E-state index in [2.05, 4.69) is 27.2 Å². The molecule has 0 heterocycles. The molecule has 0 saturated carbocycles. The van der Waals surface area contributed by atoms with E-state index >= 15 is 0 Å². The first-order chi connectivity index (χ1) is 7.74. The fraction of sp³-hybridized carbons (Fsp3) is 0.333. The Morgan fingerprint density at radius 3 is 3.06 bits per heavy atom. The monoisotopic (exact) mass is 301 g/mol. The molecule has 1 N–H and O–H groups in total. The molecule has 16 heavy (non-hydrogen) atoms. The smallest absolute Gasteiger partial charge is 0.127 e. The van der Waals surface area contributed by atoms with Gasteiger partial charge in [-0.25, -0.2) is 4.39 Å². The Kier molecular flexibility index (Phi) is 6.55. The predicted octanol–water partition coefficient (Wildman–Crippen LogP) is 3.04. The van der Waals surface area contributed by atoms with Crippen LogP contribution in [0.1, 0.15) is 5.56 Å². The van der Waals surface area contributed by atoms with Gasteiger partial charge in [0.2, 0.25) is 0 Å². The van der Waals surface area contributed by atoms with Gasteiger partial charge in [0.1, 0.15) is 5.82 Å². The summed E-state index contributed by atoms with van der Waals surface area (Å²) in [6, 6.07) is 4.95. The average Bonchev–Trinajstić information content (AvgIpc) is 2.28. The maximum atomic E-state index is 13.3. The number of benzene rings is 1. The molecule has 1 rings (SSSR count). The summed E-state index contributed by atoms with van der Waals surface area (Å²) in [4.78, 5) is 0. The molecule has 1 aromatic carbocycles. The normalized spacial score (nSPS) is 10.1. The highest BCUT2D eigenvalue weighted by Crippen LogP contribution is 2.15. The van der Waals surface area contributed by atoms with Crippen LogP contribution in [0.5, 0.6) is 0 Å². The second-order valence-corrected chi connectivity index (χ2v) is 5.19. The summed E-state index contributed by atoms with van der Waals surface area (Å²) in [5.41, 5.74) is 0.677. The fourth-order valence-corrected chi connectivity index (χ4v) is 2.14. The van der Waals surface area contributed by atoms with Crippen molar-refractivity contribution in [3.63, 3.8) is 0 Å². The molecule has 0 aliphatic rings. The zero-order valence-corrected chi connectivity index (χ0v) is 11.2. The van der Waals surface area contributed by atoms with Gasteiger partial charge in [0.25, 0.3) is 0 Å². The van der Waals surface area contributed by atoms with Crippen molar-refractivity contribution in [1.82, 2.24) is 5.32 Å². The van der Waals surface area contributed by atoms with Gasteiger partial charge >= 0.3 is 0 Å². The van der Waals surface area contributed by atoms with Crippen LogP contribution in [0.4, 0.5) is 4.39 Å². The van der Waals surface area contributed by atoms with E-state index in [0.29, 0.717) is 12.1 Å². The van der Waals surface area contributed by atoms with Gasteiger partial charge < -0.3 is 5.32 Å². The first-order valence-electron chi connectivity index (χ1n) is 4.90. The minimum absolute atomic E-state index is 0.174. The van der Waals surface area contributed by atoms with Crippen molar-refractivity contribution in [2.45, 2.75) is 6.54 Å². The van der Waals surface area contributed by atoms with Crippen LogP contribution in [0.3, 0.4) is 0 Å². The summed E-state index contributed by atoms with van der Waals surface area (Å²) in [6.45, 7) is 1.38. The predicted molar refractivity (Wildman–Crippen MR) is 72.0 cm³/mol. The van der Waals surface area contributed by atoms with Gasteiger partial charge in [0.05, 0.1) is 5.75 Å². The van der Waals surface area contributed by atoms with Crippen LogP contribution < -0.4 is 5.32 Å². The van der Waals surface area contributed by atoms with E-state index < -0.39 is 0 Å². The lowest BCUT2D eigenvalue weighted by Crippen LogP contribution is -2.17. The highest BCUT2D eigenvalue weighted by molar-refractivity contribution is 9.10. The SMILES string of the molecule is C#CCSCCNCc1cc(Br)ccc1F. The number of terminal acetylenes is 1. The Morgan fingerprint density at radius 2 is 2.31 bits per heavy atom. The summed E-state index contributed by atoms with van der Waals surface area (Å²) in [5, 5.41) is 3.18. The highest BCUT2D eigenvalue weighted by atomic mass is 79.9. The van der Waals surface area contributed by atoms with Crippen molar-refractivity contribution < 1.29 is 4.39 Å². The van der Waals surface area contributed by atoms with Gasteiger partial charge in [-0.2, -0.15) is 0 Å². The molecular weight excluding hydrogens is 289 g/mol. The highest BCUT2D eigenvalue weighted by Gasteiger charge is 2.01. The molecule has 0 aliphatic heterocycles. The van der Waals surface area contributed by atoms with Crippen molar-refractivity contribution in [2.24, 2.45) is 0 Å². The summed E-state index contributed by atoms with van der Waals surface area (Å²) in [6.07, 6.45) is 5.12. The molecule has 0 atom stereocenters. The van der Waals surface area contributed by atoms with Gasteiger partial charge in [-0.15, -0.1) is 18.2 Å². The summed E-state index contributed by atoms with van der Waals surface area (Å²) in [5.74, 6) is 4.06. The van der Waals surface area contributed by atoms with Gasteiger partial charge in [-0.1, -0.05) is 21.9 Å². The Morgan fingerprint density at radius 1 is 1.50 bits per heavy atom. The molecule has 0 saturated heterocycles. The fourth-order valence-electron chi connectivity index (χ4n) is 1.18. The van der Waals surface area contributed by atoms with Crippen LogP contribution in [0.15, 0.2) is 22.7 Å². The van der Waals surface area contributed by atoms with Crippen LogP contribution in [-0.2, 0) is 6.54 Å². The van der Waals surface area contributed by atoms with E-state index in [0.717, 1.165) is 22.5 Å². The number of thioether (sulfide) groups is 1. The second-order valence-electron chi connectivity index (χ2n) is 3.17. The van der Waals surface area contributed by atoms with Crippen molar-refractivity contribution in [1.29, 1.82) is 0 Å². The van der Waals surface area contributed by atoms with Crippen LogP contribution in [0.25, 0.3) is 0 Å². The van der Waals surface area contributed by atoms with Gasteiger partial charge in [-0.05, 0) is 18.2 Å². The van der Waals surface area contributed by atoms with Crippen molar-refractivity contribution in [3.8, 4) is 12.3 Å². The number of halogens is 2. The second kappa shape index (κ2) is 7.72. The zero-order valence-electron chi connectivity index (χ0n) is 8.80. The molecule has 0 radical (unpaired) electrons. The zero-order chi connectivity index (χ0) is 11.8. The van der Waals surface area contributed by atoms with E-state index in [1.54, 1.807) is 23.9 Å². The standard InChI is InChI=1S/C12H13BrFNS/c1-2-6-16-7-5-15-9-10-8-11(13)3-4-12(10)14/h1,3-4,8,15H,5-7,9H2. The molecule has 0 bridgehead atoms. The summed E-state index contributed by atoms with van der Waals surface area (Å²) >= 11 is 5.01. The van der Waals surface area contributed by atoms with Gasteiger partial charge in [0.15, 0.2) is 0 Å². The largest absolute Gasteiger partial charge is 0.312 e. The number of nitrogens with one attached hydrogen (secondary N) is 1. The summed E-state index contributed by atoms with van der Waals surface area (Å²) < 4.78 is 14.2. The van der Waals surface area contributed by atoms with Crippen LogP contribution in [0.2, 0.25) is 0 Å². The Labute approximate surface area is 108 Å². The van der Waals surface area contributed by atoms with Gasteiger partial charge in [0, 0.05) is 28.9 Å². The third-order valence-electron chi connectivity index (χ3n) is 1.93. The maximum Gasteiger partial charge on any atom is 0.127 e. The third kappa shape index (κ3) is 5.02. The lowest BCUT2D eigenvalue weighted by molar-refractivity contribution is 0.593. The quantitative estimate of drug-likeness (QED) is 0.640. The molecule has 4 heteroatoms. The van der Waals surface area contributed by atoms with Crippen LogP contribution >= 0.6 is 27.7 Å². The van der Waals surface area contributed by atoms with E-state index in [1.165, 1.54) is 6.07 Å². The van der Waals surface area contributed by atoms with Crippen molar-refractivity contribution >= 4 is 27.7 Å². The molecule has 0 amide bonds. The maximum absolute atomic E-state index is 13.3. The van der Waals surface area contributed by atoms with Crippen molar-refractivity contribution in [2.75, 3.05) is 18.1 Å². The first-order valence-corrected chi connectivity index (χ1v) is 6.84. The Balaban J connectivity index is 2.27. The number of rotatable bonds is 6. The van der Waals surface area contributed by atoms with Crippen LogP contribution in [-0.4, -0.2) is 18.1 Å². The number of hydrogen-bond acceptors (Lipinski definition) is 2. The minimum atomic E-state index is -0.174. The molecule has 0 aromatic heterocycles. The molecule has 1 aromatic rings. The van der Waals surface area contributed by atoms with E-state index in [4.69, 9.17) is 6.42 Å². The lowest BCUT2D eigenvalue weighted by atomic mass is 10.2. The molecule has 86 valence electrons. The van der Waals surface area contributed by atoms with Crippen molar-refractivity contribution in [3.05, 3.63) is 34.1 Å². The molecule has 0 unspecified atom stereocenters. The molecule has 1 nitrogen and oxygen atoms in total. The Bertz CT molecular complexity index is 376. The topological polar surface area (TPSA) is 12.0 Å². The minimum Gasteiger partial charge on any atom is -0.312 e. The summed E-state index contributed by atoms with van der Waals surface area (Å²) in [7, 11) is 0. The Hall–Kier alpha value is -0.500. The first kappa shape index (κ1) is 13.6. The number of hydrogen-bond donors (Lipinski definition) is 1. The molecule has 0 spiro atoms. The van der Waals surface area contributed by atoms with Crippen LogP contribution in [0, 0.1) is 18.2 Å². The molecule has 0 fully saturated rings. The van der Waals surface area contributed by atoms with E-state index in [9.17, 15) is 4.39 Å². The molecule has 0 aliphatic carbocycles. The molecular formula is C12H13BrFNS. The lowest BCUT2D eigenvalue weighted by Gasteiger charge is -2.05.